The largest absolute Gasteiger partial charge is 0.341 e. The van der Waals surface area contributed by atoms with Gasteiger partial charge in [-0.3, -0.25) is 4.79 Å². The summed E-state index contributed by atoms with van der Waals surface area (Å²) in [4.78, 5) is 20.7. The number of benzene rings is 1. The molecule has 132 valence electrons. The summed E-state index contributed by atoms with van der Waals surface area (Å²) in [5.41, 5.74) is 0.716. The fourth-order valence-electron chi connectivity index (χ4n) is 3.06. The van der Waals surface area contributed by atoms with Crippen molar-refractivity contribution in [2.24, 2.45) is 5.92 Å². The van der Waals surface area contributed by atoms with E-state index in [2.05, 4.69) is 10.1 Å². The molecule has 1 saturated carbocycles. The molecule has 0 radical (unpaired) electrons. The van der Waals surface area contributed by atoms with Crippen LogP contribution in [0.1, 0.15) is 19.3 Å². The van der Waals surface area contributed by atoms with Gasteiger partial charge in [0.15, 0.2) is 0 Å². The molecule has 0 spiro atoms. The molecule has 1 aromatic heterocycles. The van der Waals surface area contributed by atoms with Gasteiger partial charge in [0.05, 0.1) is 0 Å². The standard InChI is InChI=1S/C17H18Cl2N4O2/c18-13-8-12(9-14(19)10-13)15-20-17(25-21-15)23-5-1-4-22(6-7-23)16(24)11-2-3-11/h8-11H,1-7H2. The first-order chi connectivity index (χ1) is 12.1. The lowest BCUT2D eigenvalue weighted by atomic mass is 10.2. The van der Waals surface area contributed by atoms with Gasteiger partial charge in [-0.1, -0.05) is 28.4 Å². The number of amides is 1. The van der Waals surface area contributed by atoms with Gasteiger partial charge in [-0.05, 0) is 37.5 Å². The Morgan fingerprint density at radius 1 is 1.08 bits per heavy atom. The van der Waals surface area contributed by atoms with Crippen LogP contribution < -0.4 is 4.90 Å². The molecule has 2 aromatic rings. The molecule has 1 aromatic carbocycles. The molecule has 0 N–H and O–H groups in total. The first-order valence-corrected chi connectivity index (χ1v) is 9.19. The number of carbonyl (C=O) groups is 1. The van der Waals surface area contributed by atoms with Crippen molar-refractivity contribution in [2.45, 2.75) is 19.3 Å². The summed E-state index contributed by atoms with van der Waals surface area (Å²) in [6, 6.07) is 5.63. The van der Waals surface area contributed by atoms with Crippen LogP contribution in [-0.4, -0.2) is 47.1 Å². The molecule has 2 aliphatic rings. The van der Waals surface area contributed by atoms with Crippen LogP contribution in [-0.2, 0) is 4.79 Å². The first-order valence-electron chi connectivity index (χ1n) is 8.44. The molecule has 1 aliphatic carbocycles. The fraction of sp³-hybridized carbons (Fsp3) is 0.471. The summed E-state index contributed by atoms with van der Waals surface area (Å²) in [6.45, 7) is 2.95. The molecule has 25 heavy (non-hydrogen) atoms. The van der Waals surface area contributed by atoms with Gasteiger partial charge in [0.1, 0.15) is 0 Å². The monoisotopic (exact) mass is 380 g/mol. The zero-order valence-corrected chi connectivity index (χ0v) is 15.1. The summed E-state index contributed by atoms with van der Waals surface area (Å²) in [7, 11) is 0. The zero-order chi connectivity index (χ0) is 17.4. The van der Waals surface area contributed by atoms with Crippen molar-refractivity contribution >= 4 is 35.1 Å². The van der Waals surface area contributed by atoms with E-state index in [1.807, 2.05) is 9.80 Å². The Morgan fingerprint density at radius 2 is 1.84 bits per heavy atom. The van der Waals surface area contributed by atoms with E-state index < -0.39 is 0 Å². The number of aromatic nitrogens is 2. The summed E-state index contributed by atoms with van der Waals surface area (Å²) in [6.07, 6.45) is 2.96. The van der Waals surface area contributed by atoms with Gasteiger partial charge in [0.25, 0.3) is 0 Å². The molecule has 8 heteroatoms. The molecule has 6 nitrogen and oxygen atoms in total. The van der Waals surface area contributed by atoms with Crippen LogP contribution in [0.3, 0.4) is 0 Å². The number of rotatable bonds is 3. The minimum absolute atomic E-state index is 0.258. The Balaban J connectivity index is 1.47. The van der Waals surface area contributed by atoms with Crippen LogP contribution >= 0.6 is 23.2 Å². The van der Waals surface area contributed by atoms with Gasteiger partial charge < -0.3 is 14.3 Å². The minimum atomic E-state index is 0.258. The number of carbonyl (C=O) groups excluding carboxylic acids is 1. The van der Waals surface area contributed by atoms with Crippen LogP contribution in [0.25, 0.3) is 11.4 Å². The average Bonchev–Trinajstić information content (AvgIpc) is 3.36. The molecule has 1 aliphatic heterocycles. The summed E-state index contributed by atoms with van der Waals surface area (Å²) >= 11 is 12.1. The van der Waals surface area contributed by atoms with E-state index in [1.165, 1.54) is 0 Å². The van der Waals surface area contributed by atoms with Crippen LogP contribution in [0, 0.1) is 5.92 Å². The highest BCUT2D eigenvalue weighted by Gasteiger charge is 2.34. The third kappa shape index (κ3) is 3.75. The Kier molecular flexibility index (Phi) is 4.56. The first kappa shape index (κ1) is 16.7. The van der Waals surface area contributed by atoms with E-state index >= 15 is 0 Å². The topological polar surface area (TPSA) is 62.5 Å². The van der Waals surface area contributed by atoms with Crippen molar-refractivity contribution in [2.75, 3.05) is 31.1 Å². The second-order valence-electron chi connectivity index (χ2n) is 6.50. The Morgan fingerprint density at radius 3 is 2.56 bits per heavy atom. The summed E-state index contributed by atoms with van der Waals surface area (Å²) < 4.78 is 5.42. The highest BCUT2D eigenvalue weighted by Crippen LogP contribution is 2.31. The van der Waals surface area contributed by atoms with E-state index in [4.69, 9.17) is 27.7 Å². The van der Waals surface area contributed by atoms with Crippen LogP contribution in [0.2, 0.25) is 10.0 Å². The second-order valence-corrected chi connectivity index (χ2v) is 7.37. The predicted molar refractivity (Wildman–Crippen MR) is 95.9 cm³/mol. The number of nitrogens with zero attached hydrogens (tertiary/aromatic N) is 4. The highest BCUT2D eigenvalue weighted by atomic mass is 35.5. The van der Waals surface area contributed by atoms with Crippen molar-refractivity contribution in [1.82, 2.24) is 15.0 Å². The molecule has 4 rings (SSSR count). The van der Waals surface area contributed by atoms with Crippen LogP contribution in [0.5, 0.6) is 0 Å². The Labute approximate surface area is 155 Å². The summed E-state index contributed by atoms with van der Waals surface area (Å²) in [5.74, 6) is 1.00. The van der Waals surface area contributed by atoms with Gasteiger partial charge in [0, 0.05) is 47.7 Å². The molecule has 0 unspecified atom stereocenters. The number of hydrogen-bond acceptors (Lipinski definition) is 5. The maximum absolute atomic E-state index is 12.2. The van der Waals surface area contributed by atoms with Crippen molar-refractivity contribution in [3.8, 4) is 11.4 Å². The molecule has 2 fully saturated rings. The van der Waals surface area contributed by atoms with E-state index in [-0.39, 0.29) is 5.92 Å². The molecule has 1 saturated heterocycles. The predicted octanol–water partition coefficient (Wildman–Crippen LogP) is 3.49. The molecule has 1 amide bonds. The van der Waals surface area contributed by atoms with Gasteiger partial charge in [-0.15, -0.1) is 0 Å². The van der Waals surface area contributed by atoms with Gasteiger partial charge in [-0.25, -0.2) is 0 Å². The van der Waals surface area contributed by atoms with Crippen LogP contribution in [0.4, 0.5) is 6.01 Å². The van der Waals surface area contributed by atoms with E-state index in [1.54, 1.807) is 18.2 Å². The second kappa shape index (κ2) is 6.84. The quantitative estimate of drug-likeness (QED) is 0.815. The van der Waals surface area contributed by atoms with Crippen LogP contribution in [0.15, 0.2) is 22.7 Å². The van der Waals surface area contributed by atoms with Crippen molar-refractivity contribution in [3.05, 3.63) is 28.2 Å². The Hall–Kier alpha value is -1.79. The normalized spacial score (nSPS) is 18.3. The third-order valence-electron chi connectivity index (χ3n) is 4.54. The SMILES string of the molecule is O=C(C1CC1)N1CCCN(c2nc(-c3cc(Cl)cc(Cl)c3)no2)CC1. The highest BCUT2D eigenvalue weighted by molar-refractivity contribution is 6.35. The number of halogens is 2. The maximum atomic E-state index is 12.2. The van der Waals surface area contributed by atoms with E-state index in [0.717, 1.165) is 32.4 Å². The average molecular weight is 381 g/mol. The lowest BCUT2D eigenvalue weighted by Crippen LogP contribution is -2.36. The molecular weight excluding hydrogens is 363 g/mol. The Bertz CT molecular complexity index is 770. The summed E-state index contributed by atoms with van der Waals surface area (Å²) in [5, 5.41) is 5.09. The van der Waals surface area contributed by atoms with Gasteiger partial charge in [-0.2, -0.15) is 4.98 Å². The van der Waals surface area contributed by atoms with Gasteiger partial charge >= 0.3 is 6.01 Å². The zero-order valence-electron chi connectivity index (χ0n) is 13.6. The lowest BCUT2D eigenvalue weighted by molar-refractivity contribution is -0.132. The van der Waals surface area contributed by atoms with Gasteiger partial charge in [0.2, 0.25) is 11.7 Å². The molecule has 2 heterocycles. The molecule has 0 atom stereocenters. The van der Waals surface area contributed by atoms with E-state index in [9.17, 15) is 4.79 Å². The van der Waals surface area contributed by atoms with E-state index in [0.29, 0.717) is 46.4 Å². The lowest BCUT2D eigenvalue weighted by Gasteiger charge is -2.20. The molecule has 0 bridgehead atoms. The smallest absolute Gasteiger partial charge is 0.324 e. The van der Waals surface area contributed by atoms with Crippen molar-refractivity contribution in [3.63, 3.8) is 0 Å². The fourth-order valence-corrected chi connectivity index (χ4v) is 3.59. The van der Waals surface area contributed by atoms with Crippen molar-refractivity contribution in [1.29, 1.82) is 0 Å². The number of hydrogen-bond donors (Lipinski definition) is 0. The van der Waals surface area contributed by atoms with Crippen molar-refractivity contribution < 1.29 is 9.32 Å². The molecular formula is C17H18Cl2N4O2. The third-order valence-corrected chi connectivity index (χ3v) is 4.98. The minimum Gasteiger partial charge on any atom is -0.341 e. The maximum Gasteiger partial charge on any atom is 0.324 e. The number of anilines is 1.